The number of rotatable bonds is 13. The van der Waals surface area contributed by atoms with E-state index >= 15 is 0 Å². The Labute approximate surface area is 237 Å². The molecular weight excluding hydrogens is 567 g/mol. The molecule has 0 radical (unpaired) electrons. The van der Waals surface area contributed by atoms with Crippen LogP contribution in [0.25, 0.3) is 6.08 Å². The molecule has 0 aromatic heterocycles. The van der Waals surface area contributed by atoms with Crippen molar-refractivity contribution in [1.29, 1.82) is 0 Å². The van der Waals surface area contributed by atoms with E-state index < -0.39 is 42.8 Å². The van der Waals surface area contributed by atoms with Crippen LogP contribution < -0.4 is 20.9 Å². The molecule has 0 saturated heterocycles. The molecule has 8 nitrogen and oxygen atoms in total. The molecule has 13 heteroatoms. The summed E-state index contributed by atoms with van der Waals surface area (Å²) < 4.78 is 85.5. The summed E-state index contributed by atoms with van der Waals surface area (Å²) in [7, 11) is 0. The number of alkyl halides is 5. The van der Waals surface area contributed by atoms with Crippen LogP contribution in [-0.4, -0.2) is 37.9 Å². The van der Waals surface area contributed by atoms with Gasteiger partial charge in [-0.05, 0) is 66.2 Å². The van der Waals surface area contributed by atoms with Gasteiger partial charge in [0.05, 0.1) is 37.4 Å². The molecule has 0 aliphatic heterocycles. The maximum Gasteiger partial charge on any atom is 0.426 e. The molecule has 0 heterocycles. The van der Waals surface area contributed by atoms with E-state index in [0.717, 1.165) is 30.3 Å². The lowest BCUT2D eigenvalue weighted by atomic mass is 10.2. The molecule has 0 bridgehead atoms. The first-order valence-corrected chi connectivity index (χ1v) is 12.5. The molecule has 0 saturated carbocycles. The molecule has 3 rings (SSSR count). The molecule has 0 spiro atoms. The smallest absolute Gasteiger partial charge is 0.426 e. The lowest BCUT2D eigenvalue weighted by molar-refractivity contribution is -0.185. The van der Waals surface area contributed by atoms with E-state index in [4.69, 9.17) is 30.4 Å². The summed E-state index contributed by atoms with van der Waals surface area (Å²) in [4.78, 5) is 23.9. The predicted molar refractivity (Wildman–Crippen MR) is 144 cm³/mol. The van der Waals surface area contributed by atoms with Gasteiger partial charge in [-0.2, -0.15) is 22.0 Å². The van der Waals surface area contributed by atoms with E-state index in [0.29, 0.717) is 16.9 Å². The lowest BCUT2D eigenvalue weighted by Gasteiger charge is -2.18. The van der Waals surface area contributed by atoms with Gasteiger partial charge in [-0.1, -0.05) is 12.1 Å². The number of anilines is 2. The Kier molecular flexibility index (Phi) is 10.7. The van der Waals surface area contributed by atoms with Crippen molar-refractivity contribution in [1.82, 2.24) is 0 Å². The molecule has 0 fully saturated rings. The number of nitrogens with two attached hydrogens (primary N) is 2. The molecular formula is C29H27F5N2O6. The lowest BCUT2D eigenvalue weighted by Crippen LogP contribution is -2.21. The van der Waals surface area contributed by atoms with Crippen molar-refractivity contribution < 1.29 is 50.5 Å². The fourth-order valence-corrected chi connectivity index (χ4v) is 3.37. The van der Waals surface area contributed by atoms with Gasteiger partial charge in [0.2, 0.25) is 0 Å². The molecule has 3 aromatic rings. The second kappa shape index (κ2) is 14.2. The molecule has 0 atom stereocenters. The van der Waals surface area contributed by atoms with Crippen LogP contribution in [-0.2, 0) is 20.4 Å². The van der Waals surface area contributed by atoms with Crippen LogP contribution in [0.2, 0.25) is 0 Å². The molecule has 0 aliphatic carbocycles. The van der Waals surface area contributed by atoms with Crippen LogP contribution >= 0.6 is 0 Å². The third-order valence-electron chi connectivity index (χ3n) is 5.36. The Balaban J connectivity index is 1.40. The highest BCUT2D eigenvalue weighted by Gasteiger charge is 2.34. The van der Waals surface area contributed by atoms with Gasteiger partial charge < -0.3 is 30.4 Å². The Bertz CT molecular complexity index is 1360. The van der Waals surface area contributed by atoms with Crippen molar-refractivity contribution in [3.63, 3.8) is 0 Å². The van der Waals surface area contributed by atoms with Gasteiger partial charge in [0.25, 0.3) is 0 Å². The Hall–Kier alpha value is -4.81. The van der Waals surface area contributed by atoms with Crippen LogP contribution in [0, 0.1) is 0 Å². The number of carbonyl (C=O) groups is 2. The van der Waals surface area contributed by atoms with Gasteiger partial charge in [-0.3, -0.25) is 0 Å². The summed E-state index contributed by atoms with van der Waals surface area (Å²) in [5.74, 6) is -1.43. The van der Waals surface area contributed by atoms with Gasteiger partial charge in [-0.25, -0.2) is 9.59 Å². The average molecular weight is 595 g/mol. The number of halogens is 5. The van der Waals surface area contributed by atoms with Crippen LogP contribution in [0.3, 0.4) is 0 Å². The Morgan fingerprint density at radius 2 is 1.36 bits per heavy atom. The highest BCUT2D eigenvalue weighted by Crippen LogP contribution is 2.33. The van der Waals surface area contributed by atoms with E-state index in [2.05, 4.69) is 0 Å². The molecule has 3 aromatic carbocycles. The van der Waals surface area contributed by atoms with Gasteiger partial charge >= 0.3 is 24.2 Å². The quantitative estimate of drug-likeness (QED) is 0.0799. The van der Waals surface area contributed by atoms with Crippen molar-refractivity contribution in [2.24, 2.45) is 0 Å². The average Bonchev–Trinajstić information content (AvgIpc) is 2.91. The minimum absolute atomic E-state index is 0.00346. The topological polar surface area (TPSA) is 123 Å². The molecule has 0 amide bonds. The van der Waals surface area contributed by atoms with E-state index in [9.17, 15) is 31.5 Å². The Morgan fingerprint density at radius 1 is 0.762 bits per heavy atom. The summed E-state index contributed by atoms with van der Waals surface area (Å²) in [6.45, 7) is -0.651. The third kappa shape index (κ3) is 10.6. The SMILES string of the molecule is Nc1cc(N)cc(C(=O)OCCCOC(=O)C=Cc2ccc(OC(F)(F)c3ccc(OCCC(F)(F)F)cc3)cc2)c1. The molecule has 42 heavy (non-hydrogen) atoms. The second-order valence-corrected chi connectivity index (χ2v) is 8.80. The number of hydrogen-bond donors (Lipinski definition) is 2. The minimum atomic E-state index is -4.38. The number of carbonyl (C=O) groups excluding carboxylic acids is 2. The van der Waals surface area contributed by atoms with Crippen molar-refractivity contribution >= 4 is 29.4 Å². The first-order chi connectivity index (χ1) is 19.8. The molecule has 4 N–H and O–H groups in total. The fraction of sp³-hybridized carbons (Fsp3) is 0.241. The van der Waals surface area contributed by atoms with Gasteiger partial charge in [-0.15, -0.1) is 0 Å². The maximum absolute atomic E-state index is 14.5. The second-order valence-electron chi connectivity index (χ2n) is 8.80. The number of benzene rings is 3. The largest absolute Gasteiger partial charge is 0.493 e. The van der Waals surface area contributed by atoms with Gasteiger partial charge in [0.15, 0.2) is 0 Å². The molecule has 224 valence electrons. The van der Waals surface area contributed by atoms with Gasteiger partial charge in [0, 0.05) is 23.9 Å². The first-order valence-electron chi connectivity index (χ1n) is 12.5. The zero-order valence-corrected chi connectivity index (χ0v) is 22.0. The third-order valence-corrected chi connectivity index (χ3v) is 5.36. The van der Waals surface area contributed by atoms with E-state index in [1.165, 1.54) is 48.5 Å². The highest BCUT2D eigenvalue weighted by molar-refractivity contribution is 5.91. The normalized spacial score (nSPS) is 11.7. The van der Waals surface area contributed by atoms with Crippen molar-refractivity contribution in [2.45, 2.75) is 25.1 Å². The van der Waals surface area contributed by atoms with Crippen LogP contribution in [0.4, 0.5) is 33.3 Å². The fourth-order valence-electron chi connectivity index (χ4n) is 3.37. The standard InChI is InChI=1S/C29H27F5N2O6/c30-28(31,32)12-15-39-24-9-5-21(6-10-24)29(33,34)42-25-7-2-19(3-8-25)4-11-26(37)40-13-1-14-41-27(38)20-16-22(35)18-23(36)17-20/h2-11,16-18H,1,12-15,35-36H2. The highest BCUT2D eigenvalue weighted by atomic mass is 19.4. The molecule has 0 unspecified atom stereocenters. The van der Waals surface area contributed by atoms with E-state index in [1.54, 1.807) is 0 Å². The summed E-state index contributed by atoms with van der Waals surface area (Å²) in [6, 6.07) is 14.0. The van der Waals surface area contributed by atoms with Crippen molar-refractivity contribution in [2.75, 3.05) is 31.3 Å². The number of esters is 2. The van der Waals surface area contributed by atoms with Gasteiger partial charge in [0.1, 0.15) is 11.5 Å². The zero-order valence-electron chi connectivity index (χ0n) is 22.0. The van der Waals surface area contributed by atoms with Crippen LogP contribution in [0.5, 0.6) is 11.5 Å². The Morgan fingerprint density at radius 3 is 1.98 bits per heavy atom. The molecule has 0 aliphatic rings. The summed E-state index contributed by atoms with van der Waals surface area (Å²) in [6.07, 6.45) is -6.48. The zero-order chi connectivity index (χ0) is 30.8. The summed E-state index contributed by atoms with van der Waals surface area (Å²) in [5.41, 5.74) is 12.1. The maximum atomic E-state index is 14.5. The summed E-state index contributed by atoms with van der Waals surface area (Å²) in [5, 5.41) is 0. The van der Waals surface area contributed by atoms with Crippen molar-refractivity contribution in [3.05, 3.63) is 89.5 Å². The van der Waals surface area contributed by atoms with E-state index in [1.807, 2.05) is 0 Å². The summed E-state index contributed by atoms with van der Waals surface area (Å²) >= 11 is 0. The number of nitrogen functional groups attached to an aromatic ring is 2. The predicted octanol–water partition coefficient (Wildman–Crippen LogP) is 6.11. The number of hydrogen-bond acceptors (Lipinski definition) is 8. The van der Waals surface area contributed by atoms with Crippen molar-refractivity contribution in [3.8, 4) is 11.5 Å². The first kappa shape index (κ1) is 31.7. The van der Waals surface area contributed by atoms with Crippen LogP contribution in [0.1, 0.15) is 34.3 Å². The monoisotopic (exact) mass is 594 g/mol. The number of ether oxygens (including phenoxy) is 4. The van der Waals surface area contributed by atoms with E-state index in [-0.39, 0.29) is 36.7 Å². The minimum Gasteiger partial charge on any atom is -0.493 e. The van der Waals surface area contributed by atoms with Crippen LogP contribution in [0.15, 0.2) is 72.8 Å².